The molecule has 0 aliphatic rings. The number of hydrogen-bond acceptors (Lipinski definition) is 4. The molecule has 0 aliphatic carbocycles. The Kier molecular flexibility index (Phi) is 3.90. The Balaban J connectivity index is 2.23. The van der Waals surface area contributed by atoms with Gasteiger partial charge in [0.1, 0.15) is 18.0 Å². The minimum Gasteiger partial charge on any atom is -0.385 e. The molecule has 0 spiro atoms. The molecule has 19 heavy (non-hydrogen) atoms. The first kappa shape index (κ1) is 13.6. The number of halogens is 1. The molecule has 0 fully saturated rings. The van der Waals surface area contributed by atoms with Gasteiger partial charge in [0.2, 0.25) is 0 Å². The molecule has 0 aliphatic heterocycles. The first-order chi connectivity index (χ1) is 9.03. The lowest BCUT2D eigenvalue weighted by Crippen LogP contribution is -2.27. The van der Waals surface area contributed by atoms with Crippen molar-refractivity contribution in [3.05, 3.63) is 42.0 Å². The van der Waals surface area contributed by atoms with Crippen LogP contribution in [-0.4, -0.2) is 24.9 Å². The van der Waals surface area contributed by atoms with Crippen molar-refractivity contribution in [3.8, 4) is 0 Å². The molecule has 0 amide bonds. The molecule has 2 aromatic rings. The number of aliphatic hydroxyl groups is 1. The summed E-state index contributed by atoms with van der Waals surface area (Å²) in [6.07, 6.45) is 5.23. The maximum atomic E-state index is 13.2. The van der Waals surface area contributed by atoms with Crippen LogP contribution in [0.2, 0.25) is 0 Å². The third-order valence-electron chi connectivity index (χ3n) is 2.96. The summed E-state index contributed by atoms with van der Waals surface area (Å²) < 4.78 is 14.9. The smallest absolute Gasteiger partial charge is 0.141 e. The van der Waals surface area contributed by atoms with E-state index in [1.165, 1.54) is 18.6 Å². The molecule has 1 N–H and O–H groups in total. The zero-order valence-electron chi connectivity index (χ0n) is 11.0. The highest BCUT2D eigenvalue weighted by atomic mass is 19.1. The van der Waals surface area contributed by atoms with E-state index in [2.05, 4.69) is 15.1 Å². The first-order valence-corrected chi connectivity index (χ1v) is 6.23. The molecule has 1 atom stereocenters. The van der Waals surface area contributed by atoms with Crippen LogP contribution in [0.25, 0.3) is 0 Å². The Bertz CT molecular complexity index is 553. The lowest BCUT2D eigenvalue weighted by Gasteiger charge is -2.23. The highest BCUT2D eigenvalue weighted by Gasteiger charge is 2.27. The van der Waals surface area contributed by atoms with E-state index in [0.29, 0.717) is 11.4 Å². The quantitative estimate of drug-likeness (QED) is 0.892. The van der Waals surface area contributed by atoms with Gasteiger partial charge in [0.25, 0.3) is 0 Å². The SMILES string of the molecule is CCCn1ncnc1CC(C)(O)c1cncc(F)c1. The van der Waals surface area contributed by atoms with Gasteiger partial charge in [-0.3, -0.25) is 4.98 Å². The third kappa shape index (κ3) is 3.14. The molecule has 0 saturated heterocycles. The fourth-order valence-corrected chi connectivity index (χ4v) is 1.94. The topological polar surface area (TPSA) is 63.8 Å². The maximum Gasteiger partial charge on any atom is 0.141 e. The van der Waals surface area contributed by atoms with Gasteiger partial charge in [-0.1, -0.05) is 6.92 Å². The van der Waals surface area contributed by atoms with E-state index < -0.39 is 11.4 Å². The van der Waals surface area contributed by atoms with Crippen LogP contribution in [0.15, 0.2) is 24.8 Å². The average Bonchev–Trinajstić information content (AvgIpc) is 2.76. The van der Waals surface area contributed by atoms with E-state index in [9.17, 15) is 9.50 Å². The Morgan fingerprint density at radius 2 is 2.21 bits per heavy atom. The predicted octanol–water partition coefficient (Wildman–Crippen LogP) is 1.67. The summed E-state index contributed by atoms with van der Waals surface area (Å²) in [6, 6.07) is 1.29. The Morgan fingerprint density at radius 1 is 1.42 bits per heavy atom. The fraction of sp³-hybridized carbons (Fsp3) is 0.462. The molecule has 6 heteroatoms. The monoisotopic (exact) mass is 264 g/mol. The van der Waals surface area contributed by atoms with Gasteiger partial charge in [0.05, 0.1) is 11.8 Å². The molecular weight excluding hydrogens is 247 g/mol. The van der Waals surface area contributed by atoms with Crippen LogP contribution in [0.4, 0.5) is 4.39 Å². The third-order valence-corrected chi connectivity index (χ3v) is 2.96. The summed E-state index contributed by atoms with van der Waals surface area (Å²) in [4.78, 5) is 7.91. The van der Waals surface area contributed by atoms with Gasteiger partial charge >= 0.3 is 0 Å². The fourth-order valence-electron chi connectivity index (χ4n) is 1.94. The largest absolute Gasteiger partial charge is 0.385 e. The van der Waals surface area contributed by atoms with Crippen molar-refractivity contribution < 1.29 is 9.50 Å². The van der Waals surface area contributed by atoms with Gasteiger partial charge in [0.15, 0.2) is 0 Å². The van der Waals surface area contributed by atoms with Gasteiger partial charge in [0, 0.05) is 24.7 Å². The lowest BCUT2D eigenvalue weighted by molar-refractivity contribution is 0.0535. The molecule has 2 heterocycles. The molecule has 2 aromatic heterocycles. The summed E-state index contributed by atoms with van der Waals surface area (Å²) in [7, 11) is 0. The van der Waals surface area contributed by atoms with E-state index in [0.717, 1.165) is 19.2 Å². The zero-order chi connectivity index (χ0) is 13.9. The second kappa shape index (κ2) is 5.44. The zero-order valence-corrected chi connectivity index (χ0v) is 11.0. The van der Waals surface area contributed by atoms with E-state index in [1.54, 1.807) is 11.6 Å². The molecule has 0 radical (unpaired) electrons. The van der Waals surface area contributed by atoms with Crippen LogP contribution in [0.1, 0.15) is 31.7 Å². The number of aryl methyl sites for hydroxylation is 1. The molecule has 102 valence electrons. The van der Waals surface area contributed by atoms with Gasteiger partial charge in [-0.25, -0.2) is 14.1 Å². The second-order valence-electron chi connectivity index (χ2n) is 4.74. The van der Waals surface area contributed by atoms with Crippen LogP contribution in [0.5, 0.6) is 0 Å². The number of nitrogens with zero attached hydrogens (tertiary/aromatic N) is 4. The first-order valence-electron chi connectivity index (χ1n) is 6.23. The summed E-state index contributed by atoms with van der Waals surface area (Å²) in [5.41, 5.74) is -0.799. The molecule has 0 bridgehead atoms. The molecular formula is C13H17FN4O. The van der Waals surface area contributed by atoms with E-state index in [1.807, 2.05) is 6.92 Å². The minimum atomic E-state index is -1.23. The Morgan fingerprint density at radius 3 is 2.89 bits per heavy atom. The highest BCUT2D eigenvalue weighted by molar-refractivity contribution is 5.19. The normalized spacial score (nSPS) is 14.3. The standard InChI is InChI=1S/C13H17FN4O/c1-3-4-18-12(16-9-17-18)6-13(2,19)10-5-11(14)8-15-7-10/h5,7-9,19H,3-4,6H2,1-2H3. The summed E-state index contributed by atoms with van der Waals surface area (Å²) in [5.74, 6) is 0.212. The van der Waals surface area contributed by atoms with Crippen molar-refractivity contribution in [1.82, 2.24) is 19.7 Å². The van der Waals surface area contributed by atoms with Crippen LogP contribution in [0, 0.1) is 5.82 Å². The van der Waals surface area contributed by atoms with Gasteiger partial charge in [-0.05, 0) is 19.4 Å². The van der Waals surface area contributed by atoms with Crippen molar-refractivity contribution >= 4 is 0 Å². The van der Waals surface area contributed by atoms with Crippen LogP contribution >= 0.6 is 0 Å². The van der Waals surface area contributed by atoms with Gasteiger partial charge < -0.3 is 5.11 Å². The van der Waals surface area contributed by atoms with Crippen molar-refractivity contribution in [2.24, 2.45) is 0 Å². The van der Waals surface area contributed by atoms with Crippen molar-refractivity contribution in [2.75, 3.05) is 0 Å². The van der Waals surface area contributed by atoms with E-state index in [4.69, 9.17) is 0 Å². The second-order valence-corrected chi connectivity index (χ2v) is 4.74. The average molecular weight is 264 g/mol. The molecule has 0 saturated carbocycles. The molecule has 1 unspecified atom stereocenters. The Labute approximate surface area is 111 Å². The summed E-state index contributed by atoms with van der Waals surface area (Å²) >= 11 is 0. The van der Waals surface area contributed by atoms with E-state index in [-0.39, 0.29) is 6.42 Å². The number of hydrogen-bond donors (Lipinski definition) is 1. The van der Waals surface area contributed by atoms with Gasteiger partial charge in [-0.15, -0.1) is 0 Å². The van der Waals surface area contributed by atoms with Crippen LogP contribution in [-0.2, 0) is 18.6 Å². The van der Waals surface area contributed by atoms with Crippen molar-refractivity contribution in [1.29, 1.82) is 0 Å². The van der Waals surface area contributed by atoms with Gasteiger partial charge in [-0.2, -0.15) is 5.10 Å². The lowest BCUT2D eigenvalue weighted by atomic mass is 9.93. The number of pyridine rings is 1. The Hall–Kier alpha value is -1.82. The maximum absolute atomic E-state index is 13.2. The number of rotatable bonds is 5. The summed E-state index contributed by atoms with van der Waals surface area (Å²) in [6.45, 7) is 4.40. The van der Waals surface area contributed by atoms with Crippen molar-refractivity contribution in [2.45, 2.75) is 38.8 Å². The molecule has 0 aromatic carbocycles. The highest BCUT2D eigenvalue weighted by Crippen LogP contribution is 2.24. The van der Waals surface area contributed by atoms with Crippen LogP contribution < -0.4 is 0 Å². The molecule has 2 rings (SSSR count). The van der Waals surface area contributed by atoms with Crippen LogP contribution in [0.3, 0.4) is 0 Å². The predicted molar refractivity (Wildman–Crippen MR) is 67.8 cm³/mol. The summed E-state index contributed by atoms with van der Waals surface area (Å²) in [5, 5.41) is 14.6. The minimum absolute atomic E-state index is 0.262. The van der Waals surface area contributed by atoms with Crippen molar-refractivity contribution in [3.63, 3.8) is 0 Å². The van der Waals surface area contributed by atoms with E-state index >= 15 is 0 Å². The molecule has 5 nitrogen and oxygen atoms in total. The number of aromatic nitrogens is 4.